The highest BCUT2D eigenvalue weighted by atomic mass is 19.1. The normalized spacial score (nSPS) is 10.9. The Bertz CT molecular complexity index is 706. The van der Waals surface area contributed by atoms with E-state index >= 15 is 0 Å². The molecule has 9 heteroatoms. The highest BCUT2D eigenvalue weighted by Crippen LogP contribution is 2.13. The molecule has 3 rings (SSSR count). The zero-order chi connectivity index (χ0) is 13.9. The van der Waals surface area contributed by atoms with Gasteiger partial charge in [-0.05, 0) is 12.1 Å². The molecule has 3 aromatic heterocycles. The van der Waals surface area contributed by atoms with E-state index in [9.17, 15) is 4.39 Å². The summed E-state index contributed by atoms with van der Waals surface area (Å²) in [6.45, 7) is 0.593. The van der Waals surface area contributed by atoms with Crippen LogP contribution >= 0.6 is 0 Å². The second-order valence-electron chi connectivity index (χ2n) is 3.98. The third kappa shape index (κ3) is 2.52. The SMILES string of the molecule is NCc1cn(Cc2nc(-c3ccc(F)cn3)no2)nn1. The molecule has 0 radical (unpaired) electrons. The van der Waals surface area contributed by atoms with Crippen molar-refractivity contribution in [1.82, 2.24) is 30.1 Å². The van der Waals surface area contributed by atoms with Gasteiger partial charge in [-0.3, -0.25) is 0 Å². The fraction of sp³-hybridized carbons (Fsp3) is 0.182. The molecule has 8 nitrogen and oxygen atoms in total. The Balaban J connectivity index is 1.78. The lowest BCUT2D eigenvalue weighted by atomic mass is 10.3. The van der Waals surface area contributed by atoms with Gasteiger partial charge in [0, 0.05) is 6.54 Å². The number of nitrogens with two attached hydrogens (primary N) is 1. The molecule has 0 spiro atoms. The number of aromatic nitrogens is 6. The van der Waals surface area contributed by atoms with Crippen molar-refractivity contribution in [3.63, 3.8) is 0 Å². The number of pyridine rings is 1. The lowest BCUT2D eigenvalue weighted by Gasteiger charge is -1.93. The van der Waals surface area contributed by atoms with Gasteiger partial charge in [0.2, 0.25) is 11.7 Å². The molecule has 0 atom stereocenters. The van der Waals surface area contributed by atoms with Crippen LogP contribution in [0.1, 0.15) is 11.6 Å². The summed E-state index contributed by atoms with van der Waals surface area (Å²) in [6, 6.07) is 2.76. The largest absolute Gasteiger partial charge is 0.337 e. The van der Waals surface area contributed by atoms with Gasteiger partial charge in [-0.1, -0.05) is 10.4 Å². The molecular formula is C11H10FN7O. The van der Waals surface area contributed by atoms with Crippen LogP contribution in [0.25, 0.3) is 11.5 Å². The minimum Gasteiger partial charge on any atom is -0.337 e. The van der Waals surface area contributed by atoms with Crippen molar-refractivity contribution < 1.29 is 8.91 Å². The summed E-state index contributed by atoms with van der Waals surface area (Å²) < 4.78 is 19.4. The maximum absolute atomic E-state index is 12.8. The summed E-state index contributed by atoms with van der Waals surface area (Å²) in [5.41, 5.74) is 6.55. The summed E-state index contributed by atoms with van der Waals surface area (Å²) in [6.07, 6.45) is 2.79. The molecule has 3 aromatic rings. The Kier molecular flexibility index (Phi) is 3.17. The molecule has 0 fully saturated rings. The van der Waals surface area contributed by atoms with Gasteiger partial charge >= 0.3 is 0 Å². The zero-order valence-corrected chi connectivity index (χ0v) is 10.3. The molecule has 0 unspecified atom stereocenters. The monoisotopic (exact) mass is 275 g/mol. The first-order valence-electron chi connectivity index (χ1n) is 5.78. The molecule has 0 aromatic carbocycles. The summed E-state index contributed by atoms with van der Waals surface area (Å²) in [7, 11) is 0. The number of rotatable bonds is 4. The van der Waals surface area contributed by atoms with Gasteiger partial charge in [0.1, 0.15) is 18.1 Å². The molecule has 0 aliphatic carbocycles. The van der Waals surface area contributed by atoms with Crippen LogP contribution in [0.15, 0.2) is 29.0 Å². The first-order chi connectivity index (χ1) is 9.74. The van der Waals surface area contributed by atoms with Gasteiger partial charge in [0.25, 0.3) is 0 Å². The van der Waals surface area contributed by atoms with Crippen LogP contribution in [0.4, 0.5) is 4.39 Å². The fourth-order valence-corrected chi connectivity index (χ4v) is 1.58. The van der Waals surface area contributed by atoms with E-state index in [4.69, 9.17) is 10.3 Å². The third-order valence-corrected chi connectivity index (χ3v) is 2.52. The molecule has 0 aliphatic rings. The molecule has 2 N–H and O–H groups in total. The Morgan fingerprint density at radius 3 is 2.95 bits per heavy atom. The predicted octanol–water partition coefficient (Wildman–Crippen LogP) is 0.369. The molecular weight excluding hydrogens is 265 g/mol. The van der Waals surface area contributed by atoms with Gasteiger partial charge in [-0.25, -0.2) is 14.1 Å². The standard InChI is InChI=1S/C11H10FN7O/c12-7-1-2-9(14-4-7)11-15-10(20-17-11)6-19-5-8(3-13)16-18-19/h1-2,4-5H,3,6,13H2. The van der Waals surface area contributed by atoms with E-state index in [0.29, 0.717) is 29.6 Å². The molecule has 20 heavy (non-hydrogen) atoms. The smallest absolute Gasteiger partial charge is 0.248 e. The van der Waals surface area contributed by atoms with E-state index < -0.39 is 5.82 Å². The topological polar surface area (TPSA) is 109 Å². The van der Waals surface area contributed by atoms with Crippen LogP contribution in [-0.4, -0.2) is 30.1 Å². The average molecular weight is 275 g/mol. The van der Waals surface area contributed by atoms with Crippen LogP contribution in [-0.2, 0) is 13.1 Å². The molecule has 0 aliphatic heterocycles. The van der Waals surface area contributed by atoms with E-state index in [2.05, 4.69) is 25.4 Å². The summed E-state index contributed by atoms with van der Waals surface area (Å²) in [4.78, 5) is 8.03. The molecule has 0 bridgehead atoms. The van der Waals surface area contributed by atoms with Crippen molar-refractivity contribution >= 4 is 0 Å². The maximum atomic E-state index is 12.8. The van der Waals surface area contributed by atoms with Crippen LogP contribution in [0.3, 0.4) is 0 Å². The lowest BCUT2D eigenvalue weighted by molar-refractivity contribution is 0.364. The quantitative estimate of drug-likeness (QED) is 0.732. The number of hydrogen-bond acceptors (Lipinski definition) is 7. The predicted molar refractivity (Wildman–Crippen MR) is 64.5 cm³/mol. The third-order valence-electron chi connectivity index (χ3n) is 2.52. The molecule has 0 saturated carbocycles. The van der Waals surface area contributed by atoms with E-state index in [-0.39, 0.29) is 6.54 Å². The average Bonchev–Trinajstić information content (AvgIpc) is 3.09. The first kappa shape index (κ1) is 12.4. The Morgan fingerprint density at radius 2 is 2.25 bits per heavy atom. The van der Waals surface area contributed by atoms with Crippen molar-refractivity contribution in [2.75, 3.05) is 0 Å². The zero-order valence-electron chi connectivity index (χ0n) is 10.3. The first-order valence-corrected chi connectivity index (χ1v) is 5.78. The van der Waals surface area contributed by atoms with Gasteiger partial charge in [0.05, 0.1) is 18.1 Å². The maximum Gasteiger partial charge on any atom is 0.248 e. The molecule has 3 heterocycles. The number of halogens is 1. The highest BCUT2D eigenvalue weighted by Gasteiger charge is 2.11. The van der Waals surface area contributed by atoms with Gasteiger partial charge in [0.15, 0.2) is 0 Å². The number of hydrogen-bond donors (Lipinski definition) is 1. The van der Waals surface area contributed by atoms with Crippen LogP contribution in [0.2, 0.25) is 0 Å². The van der Waals surface area contributed by atoms with Crippen LogP contribution in [0.5, 0.6) is 0 Å². The van der Waals surface area contributed by atoms with Gasteiger partial charge in [-0.2, -0.15) is 4.98 Å². The van der Waals surface area contributed by atoms with Crippen molar-refractivity contribution in [3.8, 4) is 11.5 Å². The molecule has 0 amide bonds. The lowest BCUT2D eigenvalue weighted by Crippen LogP contribution is -2.01. The molecule has 0 saturated heterocycles. The van der Waals surface area contributed by atoms with Crippen molar-refractivity contribution in [2.24, 2.45) is 5.73 Å². The van der Waals surface area contributed by atoms with Crippen LogP contribution in [0, 0.1) is 5.82 Å². The summed E-state index contributed by atoms with van der Waals surface area (Å²) in [5, 5.41) is 11.5. The van der Waals surface area contributed by atoms with Crippen LogP contribution < -0.4 is 5.73 Å². The van der Waals surface area contributed by atoms with Crippen molar-refractivity contribution in [3.05, 3.63) is 41.9 Å². The summed E-state index contributed by atoms with van der Waals surface area (Å²) in [5.74, 6) is 0.216. The Labute approximate surface area is 112 Å². The van der Waals surface area contributed by atoms with Gasteiger partial charge < -0.3 is 10.3 Å². The van der Waals surface area contributed by atoms with Gasteiger partial charge in [-0.15, -0.1) is 5.10 Å². The van der Waals surface area contributed by atoms with E-state index in [1.165, 1.54) is 16.8 Å². The minimum atomic E-state index is -0.422. The van der Waals surface area contributed by atoms with E-state index in [1.54, 1.807) is 6.20 Å². The fourth-order valence-electron chi connectivity index (χ4n) is 1.58. The molecule has 102 valence electrons. The van der Waals surface area contributed by atoms with E-state index in [1.807, 2.05) is 0 Å². The second kappa shape index (κ2) is 5.13. The Morgan fingerprint density at radius 1 is 1.35 bits per heavy atom. The minimum absolute atomic E-state index is 0.279. The number of nitrogens with zero attached hydrogens (tertiary/aromatic N) is 6. The Hall–Kier alpha value is -2.68. The van der Waals surface area contributed by atoms with E-state index in [0.717, 1.165) is 6.20 Å². The second-order valence-corrected chi connectivity index (χ2v) is 3.98. The van der Waals surface area contributed by atoms with Crippen molar-refractivity contribution in [1.29, 1.82) is 0 Å². The summed E-state index contributed by atoms with van der Waals surface area (Å²) >= 11 is 0. The highest BCUT2D eigenvalue weighted by molar-refractivity contribution is 5.47. The van der Waals surface area contributed by atoms with Crippen molar-refractivity contribution in [2.45, 2.75) is 13.1 Å².